The van der Waals surface area contributed by atoms with Crippen LogP contribution < -0.4 is 5.32 Å². The van der Waals surface area contributed by atoms with Crippen molar-refractivity contribution in [1.29, 1.82) is 0 Å². The Hall–Kier alpha value is -1.14. The third-order valence-corrected chi connectivity index (χ3v) is 5.68. The fourth-order valence-electron chi connectivity index (χ4n) is 2.67. The maximum atomic E-state index is 12.0. The molecule has 2 aromatic rings. The number of amides is 1. The molecule has 0 unspecified atom stereocenters. The average Bonchev–Trinajstić information content (AvgIpc) is 3.22. The molecule has 0 saturated carbocycles. The largest absolute Gasteiger partial charge is 0.378 e. The molecule has 1 fully saturated rings. The maximum absolute atomic E-state index is 12.0. The predicted octanol–water partition coefficient (Wildman–Crippen LogP) is 4.94. The summed E-state index contributed by atoms with van der Waals surface area (Å²) in [4.78, 5) is 17.3. The highest BCUT2D eigenvalue weighted by atomic mass is 35.5. The van der Waals surface area contributed by atoms with E-state index >= 15 is 0 Å². The van der Waals surface area contributed by atoms with E-state index in [1.165, 1.54) is 11.3 Å². The Balaban J connectivity index is 1.53. The fraction of sp³-hybridized carbons (Fsp3) is 0.412. The summed E-state index contributed by atoms with van der Waals surface area (Å²) in [7, 11) is 0. The van der Waals surface area contributed by atoms with Crippen molar-refractivity contribution in [2.45, 2.75) is 38.2 Å². The number of nitrogens with one attached hydrogen (secondary N) is 1. The van der Waals surface area contributed by atoms with Crippen molar-refractivity contribution in [1.82, 2.24) is 4.98 Å². The van der Waals surface area contributed by atoms with Crippen LogP contribution in [0.3, 0.4) is 0 Å². The highest BCUT2D eigenvalue weighted by Gasteiger charge is 2.17. The number of nitrogens with zero attached hydrogens (tertiary/aromatic N) is 1. The number of halogens is 2. The topological polar surface area (TPSA) is 51.2 Å². The SMILES string of the molecule is O=C(CC[C@H]1CCCO1)Nc1ncc(Cc2cccc(Cl)c2Cl)s1. The molecule has 1 saturated heterocycles. The van der Waals surface area contributed by atoms with Crippen molar-refractivity contribution in [2.24, 2.45) is 0 Å². The summed E-state index contributed by atoms with van der Waals surface area (Å²) in [6.07, 6.45) is 6.00. The lowest BCUT2D eigenvalue weighted by molar-refractivity contribution is -0.116. The Morgan fingerprint density at radius 1 is 1.42 bits per heavy atom. The van der Waals surface area contributed by atoms with E-state index in [4.69, 9.17) is 27.9 Å². The van der Waals surface area contributed by atoms with Gasteiger partial charge in [-0.3, -0.25) is 4.79 Å². The molecule has 1 amide bonds. The molecule has 7 heteroatoms. The van der Waals surface area contributed by atoms with Gasteiger partial charge in [-0.05, 0) is 30.9 Å². The van der Waals surface area contributed by atoms with Gasteiger partial charge in [0.05, 0.1) is 16.1 Å². The van der Waals surface area contributed by atoms with E-state index in [9.17, 15) is 4.79 Å². The molecule has 24 heavy (non-hydrogen) atoms. The molecule has 0 spiro atoms. The molecule has 0 radical (unpaired) electrons. The fourth-order valence-corrected chi connectivity index (χ4v) is 3.90. The van der Waals surface area contributed by atoms with Crippen molar-refractivity contribution in [2.75, 3.05) is 11.9 Å². The standard InChI is InChI=1S/C17H18Cl2N2O2S/c18-14-5-1-3-11(16(14)19)9-13-10-20-17(24-13)21-15(22)7-6-12-4-2-8-23-12/h1,3,5,10,12H,2,4,6-9H2,(H,20,21,22)/t12-/m1/s1. The van der Waals surface area contributed by atoms with E-state index in [1.807, 2.05) is 12.1 Å². The van der Waals surface area contributed by atoms with Crippen LogP contribution in [0.4, 0.5) is 5.13 Å². The van der Waals surface area contributed by atoms with Gasteiger partial charge in [-0.2, -0.15) is 0 Å². The van der Waals surface area contributed by atoms with Crippen LogP contribution in [-0.2, 0) is 16.0 Å². The Labute approximate surface area is 155 Å². The first-order valence-electron chi connectivity index (χ1n) is 7.91. The van der Waals surface area contributed by atoms with Crippen LogP contribution in [0, 0.1) is 0 Å². The quantitative estimate of drug-likeness (QED) is 0.767. The van der Waals surface area contributed by atoms with Gasteiger partial charge in [0.2, 0.25) is 5.91 Å². The Morgan fingerprint density at radius 3 is 3.08 bits per heavy atom. The number of ether oxygens (including phenoxy) is 1. The van der Waals surface area contributed by atoms with Crippen LogP contribution in [0.1, 0.15) is 36.1 Å². The molecule has 4 nitrogen and oxygen atoms in total. The smallest absolute Gasteiger partial charge is 0.226 e. The molecule has 128 valence electrons. The molecule has 0 aliphatic carbocycles. The van der Waals surface area contributed by atoms with Gasteiger partial charge in [-0.1, -0.05) is 35.3 Å². The van der Waals surface area contributed by atoms with Crippen LogP contribution in [0.25, 0.3) is 0 Å². The van der Waals surface area contributed by atoms with Crippen LogP contribution in [0.2, 0.25) is 10.0 Å². The normalized spacial score (nSPS) is 17.2. The van der Waals surface area contributed by atoms with Gasteiger partial charge in [-0.15, -0.1) is 11.3 Å². The zero-order valence-electron chi connectivity index (χ0n) is 13.1. The number of anilines is 1. The van der Waals surface area contributed by atoms with E-state index < -0.39 is 0 Å². The number of benzene rings is 1. The first kappa shape index (κ1) is 17.7. The second-order valence-corrected chi connectivity index (χ2v) is 7.64. The summed E-state index contributed by atoms with van der Waals surface area (Å²) in [5, 5.41) is 4.57. The van der Waals surface area contributed by atoms with Crippen molar-refractivity contribution < 1.29 is 9.53 Å². The molecule has 1 N–H and O–H groups in total. The third kappa shape index (κ3) is 4.70. The van der Waals surface area contributed by atoms with Crippen LogP contribution >= 0.6 is 34.5 Å². The second kappa shape index (κ2) is 8.30. The molecule has 1 aromatic carbocycles. The molecule has 2 heterocycles. The minimum absolute atomic E-state index is 0.0211. The Morgan fingerprint density at radius 2 is 2.29 bits per heavy atom. The van der Waals surface area contributed by atoms with Gasteiger partial charge in [0.25, 0.3) is 0 Å². The van der Waals surface area contributed by atoms with E-state index in [0.717, 1.165) is 36.3 Å². The van der Waals surface area contributed by atoms with E-state index in [0.29, 0.717) is 28.0 Å². The second-order valence-electron chi connectivity index (χ2n) is 5.74. The van der Waals surface area contributed by atoms with Crippen LogP contribution in [0.15, 0.2) is 24.4 Å². The highest BCUT2D eigenvalue weighted by molar-refractivity contribution is 7.15. The third-order valence-electron chi connectivity index (χ3n) is 3.91. The monoisotopic (exact) mass is 384 g/mol. The molecular formula is C17H18Cl2N2O2S. The van der Waals surface area contributed by atoms with Crippen LogP contribution in [-0.4, -0.2) is 23.6 Å². The molecule has 1 aromatic heterocycles. The van der Waals surface area contributed by atoms with Gasteiger partial charge in [0, 0.05) is 30.5 Å². The Bertz CT molecular complexity index is 714. The zero-order valence-corrected chi connectivity index (χ0v) is 15.4. The van der Waals surface area contributed by atoms with E-state index in [-0.39, 0.29) is 12.0 Å². The molecule has 0 bridgehead atoms. The summed E-state index contributed by atoms with van der Waals surface area (Å²) in [5.41, 5.74) is 0.948. The molecule has 3 rings (SSSR count). The number of carbonyl (C=O) groups excluding carboxylic acids is 1. The minimum Gasteiger partial charge on any atom is -0.378 e. The van der Waals surface area contributed by atoms with Gasteiger partial charge < -0.3 is 10.1 Å². The van der Waals surface area contributed by atoms with E-state index in [2.05, 4.69) is 10.3 Å². The molecule has 1 aliphatic heterocycles. The number of aromatic nitrogens is 1. The minimum atomic E-state index is -0.0211. The maximum Gasteiger partial charge on any atom is 0.226 e. The zero-order chi connectivity index (χ0) is 16.9. The highest BCUT2D eigenvalue weighted by Crippen LogP contribution is 2.29. The van der Waals surface area contributed by atoms with Gasteiger partial charge in [0.1, 0.15) is 0 Å². The Kier molecular flexibility index (Phi) is 6.11. The molecule has 1 atom stereocenters. The summed E-state index contributed by atoms with van der Waals surface area (Å²) in [6.45, 7) is 0.814. The van der Waals surface area contributed by atoms with Crippen molar-refractivity contribution >= 4 is 45.6 Å². The van der Waals surface area contributed by atoms with Crippen molar-refractivity contribution in [3.8, 4) is 0 Å². The number of hydrogen-bond acceptors (Lipinski definition) is 4. The first-order chi connectivity index (χ1) is 11.6. The predicted molar refractivity (Wildman–Crippen MR) is 98.2 cm³/mol. The molecule has 1 aliphatic rings. The first-order valence-corrected chi connectivity index (χ1v) is 9.48. The van der Waals surface area contributed by atoms with Crippen molar-refractivity contribution in [3.63, 3.8) is 0 Å². The lowest BCUT2D eigenvalue weighted by atomic mass is 10.1. The number of carbonyl (C=O) groups is 1. The summed E-state index contributed by atoms with van der Waals surface area (Å²) in [5.74, 6) is -0.0211. The summed E-state index contributed by atoms with van der Waals surface area (Å²) < 4.78 is 5.53. The summed E-state index contributed by atoms with van der Waals surface area (Å²) in [6, 6.07) is 5.58. The van der Waals surface area contributed by atoms with Gasteiger partial charge in [0.15, 0.2) is 5.13 Å². The number of rotatable bonds is 6. The van der Waals surface area contributed by atoms with Gasteiger partial charge in [-0.25, -0.2) is 4.98 Å². The molecular weight excluding hydrogens is 367 g/mol. The average molecular weight is 385 g/mol. The number of thiazole rings is 1. The van der Waals surface area contributed by atoms with Gasteiger partial charge >= 0.3 is 0 Å². The van der Waals surface area contributed by atoms with E-state index in [1.54, 1.807) is 12.3 Å². The number of hydrogen-bond donors (Lipinski definition) is 1. The summed E-state index contributed by atoms with van der Waals surface area (Å²) >= 11 is 13.7. The van der Waals surface area contributed by atoms with Crippen molar-refractivity contribution in [3.05, 3.63) is 44.9 Å². The van der Waals surface area contributed by atoms with Crippen LogP contribution in [0.5, 0.6) is 0 Å². The lowest BCUT2D eigenvalue weighted by Gasteiger charge is -2.08. The lowest BCUT2D eigenvalue weighted by Crippen LogP contribution is -2.15.